The Kier molecular flexibility index (Phi) is 8.89. The first kappa shape index (κ1) is 26.2. The zero-order valence-corrected chi connectivity index (χ0v) is 21.5. The zero-order chi connectivity index (χ0) is 24.8. The first-order chi connectivity index (χ1) is 17.0. The van der Waals surface area contributed by atoms with Gasteiger partial charge in [0.25, 0.3) is 0 Å². The normalized spacial score (nSPS) is 19.7. The maximum absolute atomic E-state index is 15.8. The molecule has 4 rings (SSSR count). The van der Waals surface area contributed by atoms with Gasteiger partial charge in [-0.05, 0) is 75.4 Å². The number of piperidine rings is 1. The second-order valence-electron chi connectivity index (χ2n) is 9.99. The van der Waals surface area contributed by atoms with E-state index in [0.29, 0.717) is 47.0 Å². The number of fused-ring (bicyclic) bond motifs is 1. The highest BCUT2D eigenvalue weighted by molar-refractivity contribution is 7.99. The van der Waals surface area contributed by atoms with Gasteiger partial charge in [0.1, 0.15) is 11.9 Å². The molecule has 2 aliphatic rings. The number of nitrogens with zero attached hydrogens (tertiary/aromatic N) is 2. The molecule has 2 aromatic rings. The minimum atomic E-state index is -1.32. The molecule has 3 N–H and O–H groups in total. The number of benzene rings is 1. The number of alkyl halides is 1. The number of rotatable bonds is 11. The Morgan fingerprint density at radius 2 is 2.09 bits per heavy atom. The number of halogens is 1. The quantitative estimate of drug-likeness (QED) is 0.428. The number of aromatic nitrogens is 1. The van der Waals surface area contributed by atoms with Crippen molar-refractivity contribution < 1.29 is 19.0 Å². The summed E-state index contributed by atoms with van der Waals surface area (Å²) in [6.07, 6.45) is 7.29. The average molecular weight is 504 g/mol. The van der Waals surface area contributed by atoms with Crippen LogP contribution in [0.2, 0.25) is 0 Å². The lowest BCUT2D eigenvalue weighted by Gasteiger charge is -2.39. The molecule has 0 bridgehead atoms. The van der Waals surface area contributed by atoms with Crippen molar-refractivity contribution in [2.45, 2.75) is 69.3 Å². The molecule has 0 unspecified atom stereocenters. The predicted molar refractivity (Wildman–Crippen MR) is 140 cm³/mol. The van der Waals surface area contributed by atoms with Crippen LogP contribution in [0.4, 0.5) is 4.39 Å². The summed E-state index contributed by atoms with van der Waals surface area (Å²) < 4.78 is 21.1. The van der Waals surface area contributed by atoms with Crippen LogP contribution in [0.15, 0.2) is 24.4 Å². The van der Waals surface area contributed by atoms with Gasteiger partial charge in [-0.25, -0.2) is 4.39 Å². The van der Waals surface area contributed by atoms with Gasteiger partial charge in [0, 0.05) is 41.2 Å². The van der Waals surface area contributed by atoms with Crippen molar-refractivity contribution in [2.24, 2.45) is 11.1 Å². The van der Waals surface area contributed by atoms with Gasteiger partial charge in [-0.15, -0.1) is 0 Å². The molecule has 0 amide bonds. The summed E-state index contributed by atoms with van der Waals surface area (Å²) in [5.41, 5.74) is 6.89. The number of hydrogen-bond acceptors (Lipinski definition) is 6. The van der Waals surface area contributed by atoms with Gasteiger partial charge < -0.3 is 20.5 Å². The summed E-state index contributed by atoms with van der Waals surface area (Å²) >= 11 is 2.07. The third-order valence-corrected chi connectivity index (χ3v) is 9.30. The molecule has 1 aromatic carbocycles. The maximum Gasteiger partial charge on any atom is 0.309 e. The third kappa shape index (κ3) is 6.09. The highest BCUT2D eigenvalue weighted by atomic mass is 32.2. The van der Waals surface area contributed by atoms with E-state index in [2.05, 4.69) is 21.6 Å². The Labute approximate surface area is 211 Å². The van der Waals surface area contributed by atoms with Gasteiger partial charge in [0.15, 0.2) is 0 Å². The van der Waals surface area contributed by atoms with Crippen molar-refractivity contribution in [3.63, 3.8) is 0 Å². The minimum Gasteiger partial charge on any atom is -0.497 e. The number of thioether (sulfide) groups is 1. The van der Waals surface area contributed by atoms with Crippen LogP contribution in [-0.2, 0) is 11.3 Å². The first-order valence-corrected chi connectivity index (χ1v) is 13.9. The topological polar surface area (TPSA) is 88.7 Å². The summed E-state index contributed by atoms with van der Waals surface area (Å²) in [5, 5.41) is 11.6. The van der Waals surface area contributed by atoms with Gasteiger partial charge in [0.2, 0.25) is 0 Å². The number of nitrogens with two attached hydrogens (primary N) is 1. The number of likely N-dealkylation sites (tertiary alicyclic amines) is 1. The van der Waals surface area contributed by atoms with E-state index in [1.165, 1.54) is 25.7 Å². The predicted octanol–water partition coefficient (Wildman–Crippen LogP) is 5.34. The molecule has 6 nitrogen and oxygen atoms in total. The molecule has 0 radical (unpaired) electrons. The summed E-state index contributed by atoms with van der Waals surface area (Å²) in [6.45, 7) is 2.71. The third-order valence-electron chi connectivity index (χ3n) is 7.94. The highest BCUT2D eigenvalue weighted by Gasteiger charge is 2.41. The van der Waals surface area contributed by atoms with Gasteiger partial charge in [-0.1, -0.05) is 12.8 Å². The molecule has 0 spiro atoms. The number of carboxylic acids is 1. The molecule has 8 heteroatoms. The number of ether oxygens (including phenoxy) is 1. The van der Waals surface area contributed by atoms with E-state index in [9.17, 15) is 9.90 Å². The van der Waals surface area contributed by atoms with Crippen molar-refractivity contribution in [2.75, 3.05) is 32.5 Å². The standard InChI is InChI=1S/C27H38FN3O3S/c1-34-20-6-7-24-22(16-20)25(19(17-29)18-30-24)23(28)8-9-27(26(32)33)10-12-31(13-11-27)14-15-35-21-4-2-3-5-21/h6-7,16,18,21,23H,2-5,8-15,17,29H2,1H3,(H,32,33)/t23-/m1/s1. The molecule has 1 aromatic heterocycles. The van der Waals surface area contributed by atoms with Crippen LogP contribution in [0.25, 0.3) is 10.9 Å². The molecule has 35 heavy (non-hydrogen) atoms. The van der Waals surface area contributed by atoms with Crippen molar-refractivity contribution >= 4 is 28.6 Å². The largest absolute Gasteiger partial charge is 0.497 e. The summed E-state index contributed by atoms with van der Waals surface area (Å²) in [4.78, 5) is 19.1. The van der Waals surface area contributed by atoms with Gasteiger partial charge in [0.05, 0.1) is 18.0 Å². The van der Waals surface area contributed by atoms with E-state index in [-0.39, 0.29) is 13.0 Å². The SMILES string of the molecule is COc1ccc2ncc(CN)c([C@H](F)CCC3(C(=O)O)CCN(CCSC4CCCC4)CC3)c2c1. The molecule has 2 fully saturated rings. The lowest BCUT2D eigenvalue weighted by molar-refractivity contribution is -0.153. The lowest BCUT2D eigenvalue weighted by Crippen LogP contribution is -2.45. The van der Waals surface area contributed by atoms with Crippen molar-refractivity contribution in [1.29, 1.82) is 0 Å². The van der Waals surface area contributed by atoms with Crippen LogP contribution < -0.4 is 10.5 Å². The maximum atomic E-state index is 15.8. The van der Waals surface area contributed by atoms with E-state index in [4.69, 9.17) is 10.5 Å². The Balaban J connectivity index is 1.40. The van der Waals surface area contributed by atoms with E-state index < -0.39 is 17.6 Å². The molecular weight excluding hydrogens is 465 g/mol. The van der Waals surface area contributed by atoms with Crippen LogP contribution >= 0.6 is 11.8 Å². The van der Waals surface area contributed by atoms with E-state index in [1.807, 2.05) is 6.07 Å². The van der Waals surface area contributed by atoms with Gasteiger partial charge >= 0.3 is 5.97 Å². The number of aliphatic carboxylic acids is 1. The van der Waals surface area contributed by atoms with Crippen molar-refractivity contribution in [3.8, 4) is 5.75 Å². The molecular formula is C27H38FN3O3S. The molecule has 2 heterocycles. The molecule has 1 aliphatic heterocycles. The first-order valence-electron chi connectivity index (χ1n) is 12.8. The second kappa shape index (κ2) is 11.9. The number of hydrogen-bond donors (Lipinski definition) is 2. The number of carboxylic acid groups (broad SMARTS) is 1. The summed E-state index contributed by atoms with van der Waals surface area (Å²) in [5.74, 6) is 0.935. The fourth-order valence-corrected chi connectivity index (χ4v) is 6.98. The fraction of sp³-hybridized carbons (Fsp3) is 0.630. The lowest BCUT2D eigenvalue weighted by atomic mass is 9.74. The highest BCUT2D eigenvalue weighted by Crippen LogP contribution is 2.41. The minimum absolute atomic E-state index is 0.146. The fourth-order valence-electron chi connectivity index (χ4n) is 5.62. The average Bonchev–Trinajstić information content (AvgIpc) is 3.40. The monoisotopic (exact) mass is 503 g/mol. The number of pyridine rings is 1. The van der Waals surface area contributed by atoms with Crippen molar-refractivity contribution in [3.05, 3.63) is 35.5 Å². The summed E-state index contributed by atoms with van der Waals surface area (Å²) in [7, 11) is 1.57. The molecule has 192 valence electrons. The Morgan fingerprint density at radius 1 is 1.34 bits per heavy atom. The molecule has 1 saturated heterocycles. The Hall–Kier alpha value is -1.90. The smallest absolute Gasteiger partial charge is 0.309 e. The Morgan fingerprint density at radius 3 is 2.74 bits per heavy atom. The Bertz CT molecular complexity index is 1000. The van der Waals surface area contributed by atoms with E-state index in [0.717, 1.165) is 30.6 Å². The van der Waals surface area contributed by atoms with Crippen LogP contribution in [0, 0.1) is 5.41 Å². The van der Waals surface area contributed by atoms with Crippen molar-refractivity contribution in [1.82, 2.24) is 9.88 Å². The van der Waals surface area contributed by atoms with E-state index >= 15 is 4.39 Å². The summed E-state index contributed by atoms with van der Waals surface area (Å²) in [6, 6.07) is 5.40. The number of methoxy groups -OCH3 is 1. The van der Waals surface area contributed by atoms with Gasteiger partial charge in [-0.2, -0.15) is 11.8 Å². The van der Waals surface area contributed by atoms with E-state index in [1.54, 1.807) is 25.4 Å². The number of carbonyl (C=O) groups is 1. The molecule has 1 aliphatic carbocycles. The van der Waals surface area contributed by atoms with Crippen LogP contribution in [0.1, 0.15) is 68.7 Å². The van der Waals surface area contributed by atoms with Crippen LogP contribution in [0.3, 0.4) is 0 Å². The molecule has 1 atom stereocenters. The second-order valence-corrected chi connectivity index (χ2v) is 11.4. The van der Waals surface area contributed by atoms with Crippen LogP contribution in [-0.4, -0.2) is 58.7 Å². The van der Waals surface area contributed by atoms with Gasteiger partial charge in [-0.3, -0.25) is 9.78 Å². The zero-order valence-electron chi connectivity index (χ0n) is 20.7. The van der Waals surface area contributed by atoms with Crippen LogP contribution in [0.5, 0.6) is 5.75 Å². The molecule has 1 saturated carbocycles.